The fourth-order valence-corrected chi connectivity index (χ4v) is 6.84. The van der Waals surface area contributed by atoms with Crippen LogP contribution in [0.25, 0.3) is 5.57 Å². The Morgan fingerprint density at radius 2 is 1.90 bits per heavy atom. The van der Waals surface area contributed by atoms with Gasteiger partial charge in [0.25, 0.3) is 0 Å². The fraction of sp³-hybridized carbons (Fsp3) is 0.455. The minimum absolute atomic E-state index is 0.0211. The average molecular weight is 541 g/mol. The molecule has 6 heteroatoms. The molecule has 1 N–H and O–H groups in total. The zero-order valence-corrected chi connectivity index (χ0v) is 23.5. The van der Waals surface area contributed by atoms with E-state index in [0.29, 0.717) is 11.6 Å². The van der Waals surface area contributed by atoms with Crippen molar-refractivity contribution in [3.05, 3.63) is 81.9 Å². The SMILES string of the molecule is CC1CC=C(c2ccc3c(c2)CCN(CC(=O)Nc2ccc(Cl)cc2)C32CCN(CC3CC3)CC2)C=C1C#N. The summed E-state index contributed by atoms with van der Waals surface area (Å²) in [5, 5.41) is 13.3. The first-order valence-corrected chi connectivity index (χ1v) is 14.8. The Labute approximate surface area is 237 Å². The maximum absolute atomic E-state index is 13.2. The molecule has 2 fully saturated rings. The van der Waals surface area contributed by atoms with Crippen molar-refractivity contribution in [1.29, 1.82) is 5.26 Å². The third-order valence-electron chi connectivity index (χ3n) is 9.22. The van der Waals surface area contributed by atoms with E-state index in [4.69, 9.17) is 11.6 Å². The molecule has 2 aromatic carbocycles. The van der Waals surface area contributed by atoms with E-state index in [-0.39, 0.29) is 17.4 Å². The number of fused-ring (bicyclic) bond motifs is 2. The number of nitrogens with one attached hydrogen (secondary N) is 1. The summed E-state index contributed by atoms with van der Waals surface area (Å²) in [7, 11) is 0. The lowest BCUT2D eigenvalue weighted by atomic mass is 9.73. The second kappa shape index (κ2) is 10.9. The molecule has 0 bridgehead atoms. The molecule has 0 radical (unpaired) electrons. The molecule has 1 spiro atoms. The molecule has 2 aromatic rings. The Balaban J connectivity index is 1.26. The van der Waals surface area contributed by atoms with Crippen molar-refractivity contribution in [3.63, 3.8) is 0 Å². The highest BCUT2D eigenvalue weighted by molar-refractivity contribution is 6.30. The summed E-state index contributed by atoms with van der Waals surface area (Å²) in [5.41, 5.74) is 6.64. The Morgan fingerprint density at radius 1 is 1.13 bits per heavy atom. The molecule has 6 rings (SSSR count). The highest BCUT2D eigenvalue weighted by atomic mass is 35.5. The van der Waals surface area contributed by atoms with E-state index >= 15 is 0 Å². The van der Waals surface area contributed by atoms with Gasteiger partial charge in [0.2, 0.25) is 5.91 Å². The van der Waals surface area contributed by atoms with Gasteiger partial charge in [-0.2, -0.15) is 5.26 Å². The van der Waals surface area contributed by atoms with E-state index < -0.39 is 0 Å². The molecule has 2 heterocycles. The molecule has 5 nitrogen and oxygen atoms in total. The number of piperidine rings is 1. The molecule has 1 saturated heterocycles. The standard InChI is InChI=1S/C33H37ClN4O/c1-23-2-5-25(19-28(23)20-35)26-6-11-31-27(18-26)12-15-38(22-32(39)36-30-9-7-29(34)8-10-30)33(31)13-16-37(17-14-33)21-24-3-4-24/h5-11,18-19,23-24H,2-4,12-17,21-22H2,1H3,(H,36,39). The summed E-state index contributed by atoms with van der Waals surface area (Å²) in [5.74, 6) is 1.19. The molecule has 0 aromatic heterocycles. The summed E-state index contributed by atoms with van der Waals surface area (Å²) >= 11 is 6.03. The van der Waals surface area contributed by atoms with Gasteiger partial charge < -0.3 is 10.2 Å². The van der Waals surface area contributed by atoms with Crippen molar-refractivity contribution in [2.75, 3.05) is 38.0 Å². The van der Waals surface area contributed by atoms with Gasteiger partial charge in [-0.1, -0.05) is 42.8 Å². The number of nitriles is 1. The number of likely N-dealkylation sites (tertiary alicyclic amines) is 1. The molecule has 1 atom stereocenters. The van der Waals surface area contributed by atoms with Gasteiger partial charge in [-0.05, 0) is 103 Å². The number of carbonyl (C=O) groups is 1. The Hall–Kier alpha value is -2.91. The van der Waals surface area contributed by atoms with Crippen molar-refractivity contribution in [3.8, 4) is 6.07 Å². The predicted molar refractivity (Wildman–Crippen MR) is 157 cm³/mol. The van der Waals surface area contributed by atoms with Crippen LogP contribution in [0.2, 0.25) is 5.02 Å². The van der Waals surface area contributed by atoms with Crippen LogP contribution in [0.15, 0.2) is 60.2 Å². The molecule has 1 amide bonds. The lowest BCUT2D eigenvalue weighted by Gasteiger charge is -2.52. The van der Waals surface area contributed by atoms with Crippen LogP contribution in [0.3, 0.4) is 0 Å². The summed E-state index contributed by atoms with van der Waals surface area (Å²) in [6, 6.07) is 16.6. The number of anilines is 1. The van der Waals surface area contributed by atoms with Gasteiger partial charge >= 0.3 is 0 Å². The van der Waals surface area contributed by atoms with Crippen LogP contribution < -0.4 is 5.32 Å². The van der Waals surface area contributed by atoms with E-state index in [1.54, 1.807) is 12.1 Å². The first-order valence-electron chi connectivity index (χ1n) is 14.4. The maximum atomic E-state index is 13.2. The fourth-order valence-electron chi connectivity index (χ4n) is 6.71. The first-order chi connectivity index (χ1) is 18.9. The van der Waals surface area contributed by atoms with Gasteiger partial charge in [0.05, 0.1) is 12.6 Å². The summed E-state index contributed by atoms with van der Waals surface area (Å²) < 4.78 is 0. The van der Waals surface area contributed by atoms with Crippen LogP contribution in [-0.4, -0.2) is 48.4 Å². The number of halogens is 1. The zero-order chi connectivity index (χ0) is 27.0. The van der Waals surface area contributed by atoms with Crippen molar-refractivity contribution in [2.45, 2.75) is 51.0 Å². The summed E-state index contributed by atoms with van der Waals surface area (Å²) in [6.07, 6.45) is 11.0. The highest BCUT2D eigenvalue weighted by Gasteiger charge is 2.45. The minimum Gasteiger partial charge on any atom is -0.325 e. The van der Waals surface area contributed by atoms with Crippen molar-refractivity contribution in [1.82, 2.24) is 9.80 Å². The maximum Gasteiger partial charge on any atom is 0.238 e. The number of nitrogens with zero attached hydrogens (tertiary/aromatic N) is 3. The molecular weight excluding hydrogens is 504 g/mol. The predicted octanol–water partition coefficient (Wildman–Crippen LogP) is 6.41. The Kier molecular flexibility index (Phi) is 7.37. The van der Waals surface area contributed by atoms with Crippen molar-refractivity contribution < 1.29 is 4.79 Å². The van der Waals surface area contributed by atoms with Gasteiger partial charge in [0, 0.05) is 48.0 Å². The second-order valence-electron chi connectivity index (χ2n) is 11.9. The molecule has 39 heavy (non-hydrogen) atoms. The molecule has 2 aliphatic heterocycles. The normalized spacial score (nSPS) is 22.9. The van der Waals surface area contributed by atoms with Crippen LogP contribution >= 0.6 is 11.6 Å². The van der Waals surface area contributed by atoms with Crippen LogP contribution in [0.5, 0.6) is 0 Å². The largest absolute Gasteiger partial charge is 0.325 e. The highest BCUT2D eigenvalue weighted by Crippen LogP contribution is 2.45. The van der Waals surface area contributed by atoms with E-state index in [2.05, 4.69) is 58.5 Å². The van der Waals surface area contributed by atoms with Gasteiger partial charge in [-0.15, -0.1) is 0 Å². The number of amides is 1. The minimum atomic E-state index is -0.132. The van der Waals surface area contributed by atoms with Gasteiger partial charge in [-0.3, -0.25) is 9.69 Å². The van der Waals surface area contributed by atoms with Gasteiger partial charge in [0.1, 0.15) is 0 Å². The molecule has 1 saturated carbocycles. The average Bonchev–Trinajstić information content (AvgIpc) is 3.77. The van der Waals surface area contributed by atoms with Crippen LogP contribution in [0, 0.1) is 23.2 Å². The van der Waals surface area contributed by atoms with Crippen LogP contribution in [0.1, 0.15) is 55.7 Å². The number of rotatable bonds is 6. The molecule has 4 aliphatic rings. The summed E-state index contributed by atoms with van der Waals surface area (Å²) in [4.78, 5) is 18.3. The van der Waals surface area contributed by atoms with Crippen molar-refractivity contribution >= 4 is 28.8 Å². The number of hydrogen-bond acceptors (Lipinski definition) is 4. The van der Waals surface area contributed by atoms with E-state index in [1.807, 2.05) is 12.1 Å². The Morgan fingerprint density at radius 3 is 2.62 bits per heavy atom. The van der Waals surface area contributed by atoms with E-state index in [0.717, 1.165) is 68.1 Å². The quantitative estimate of drug-likeness (QED) is 0.460. The smallest absolute Gasteiger partial charge is 0.238 e. The molecule has 2 aliphatic carbocycles. The van der Waals surface area contributed by atoms with Gasteiger partial charge in [-0.25, -0.2) is 0 Å². The number of benzene rings is 2. The molecular formula is C33H37ClN4O. The lowest BCUT2D eigenvalue weighted by Crippen LogP contribution is -2.58. The van der Waals surface area contributed by atoms with Crippen molar-refractivity contribution in [2.24, 2.45) is 11.8 Å². The molecule has 202 valence electrons. The number of hydrogen-bond donors (Lipinski definition) is 1. The van der Waals surface area contributed by atoms with Crippen LogP contribution in [0.4, 0.5) is 5.69 Å². The third-order valence-corrected chi connectivity index (χ3v) is 9.47. The van der Waals surface area contributed by atoms with Gasteiger partial charge in [0.15, 0.2) is 0 Å². The Bertz CT molecular complexity index is 1340. The number of allylic oxidation sites excluding steroid dienone is 4. The lowest BCUT2D eigenvalue weighted by molar-refractivity contribution is -0.120. The zero-order valence-electron chi connectivity index (χ0n) is 22.8. The second-order valence-corrected chi connectivity index (χ2v) is 12.3. The summed E-state index contributed by atoms with van der Waals surface area (Å²) in [6.45, 7) is 6.73. The van der Waals surface area contributed by atoms with Crippen LogP contribution in [-0.2, 0) is 16.8 Å². The number of carbonyl (C=O) groups excluding carboxylic acids is 1. The van der Waals surface area contributed by atoms with E-state index in [1.165, 1.54) is 36.1 Å². The third kappa shape index (κ3) is 5.57. The monoisotopic (exact) mass is 540 g/mol. The van der Waals surface area contributed by atoms with E-state index in [9.17, 15) is 10.1 Å². The molecule has 1 unspecified atom stereocenters. The topological polar surface area (TPSA) is 59.4 Å². The first kappa shape index (κ1) is 26.3.